The minimum Gasteiger partial charge on any atom is -0.497 e. The molecule has 0 fully saturated rings. The first-order valence-electron chi connectivity index (χ1n) is 9.83. The van der Waals surface area contributed by atoms with E-state index in [1.807, 2.05) is 30.3 Å². The van der Waals surface area contributed by atoms with Crippen LogP contribution in [0.1, 0.15) is 47.4 Å². The number of rotatable bonds is 9. The standard InChI is InChI=1S/C24H28N2O2S/c1-17(2)19-8-10-20(11-9-19)24(22-5-4-14-29-22)26-16-23(27)25-15-18-6-12-21(28-3)13-7-18/h4-14,17,24,26H,15-16H2,1-3H3,(H,25,27)/t24-/m1/s1. The lowest BCUT2D eigenvalue weighted by Gasteiger charge is -2.19. The smallest absolute Gasteiger partial charge is 0.234 e. The molecule has 0 saturated heterocycles. The molecule has 0 radical (unpaired) electrons. The van der Waals surface area contributed by atoms with Crippen molar-refractivity contribution in [3.05, 3.63) is 87.6 Å². The molecule has 4 nitrogen and oxygen atoms in total. The highest BCUT2D eigenvalue weighted by molar-refractivity contribution is 7.10. The summed E-state index contributed by atoms with van der Waals surface area (Å²) in [5.74, 6) is 1.28. The molecule has 2 aromatic carbocycles. The van der Waals surface area contributed by atoms with Gasteiger partial charge < -0.3 is 10.1 Å². The van der Waals surface area contributed by atoms with Gasteiger partial charge in [-0.1, -0.05) is 56.3 Å². The molecule has 1 amide bonds. The summed E-state index contributed by atoms with van der Waals surface area (Å²) in [4.78, 5) is 13.6. The van der Waals surface area contributed by atoms with Crippen LogP contribution in [0.5, 0.6) is 5.75 Å². The Bertz CT molecular complexity index is 888. The summed E-state index contributed by atoms with van der Waals surface area (Å²) >= 11 is 1.70. The summed E-state index contributed by atoms with van der Waals surface area (Å²) in [7, 11) is 1.64. The number of amides is 1. The predicted molar refractivity (Wildman–Crippen MR) is 120 cm³/mol. The summed E-state index contributed by atoms with van der Waals surface area (Å²) in [6, 6.07) is 20.5. The molecular weight excluding hydrogens is 380 g/mol. The van der Waals surface area contributed by atoms with Crippen LogP contribution >= 0.6 is 11.3 Å². The Hall–Kier alpha value is -2.63. The molecule has 0 saturated carbocycles. The van der Waals surface area contributed by atoms with Gasteiger partial charge in [0.05, 0.1) is 19.7 Å². The largest absolute Gasteiger partial charge is 0.497 e. The van der Waals surface area contributed by atoms with Gasteiger partial charge in [-0.05, 0) is 46.2 Å². The normalized spacial score (nSPS) is 12.0. The molecule has 0 bridgehead atoms. The Balaban J connectivity index is 1.60. The number of benzene rings is 2. The van der Waals surface area contributed by atoms with Crippen molar-refractivity contribution in [3.63, 3.8) is 0 Å². The van der Waals surface area contributed by atoms with Gasteiger partial charge in [-0.3, -0.25) is 10.1 Å². The van der Waals surface area contributed by atoms with Gasteiger partial charge in [0.25, 0.3) is 0 Å². The van der Waals surface area contributed by atoms with Crippen LogP contribution in [0.15, 0.2) is 66.0 Å². The van der Waals surface area contributed by atoms with Crippen molar-refractivity contribution in [3.8, 4) is 5.75 Å². The van der Waals surface area contributed by atoms with Crippen molar-refractivity contribution in [1.82, 2.24) is 10.6 Å². The Labute approximate surface area is 176 Å². The molecule has 2 N–H and O–H groups in total. The number of nitrogens with one attached hydrogen (secondary N) is 2. The van der Waals surface area contributed by atoms with Crippen LogP contribution in [0.2, 0.25) is 0 Å². The zero-order valence-corrected chi connectivity index (χ0v) is 18.0. The first kappa shape index (κ1) is 21.1. The zero-order chi connectivity index (χ0) is 20.6. The van der Waals surface area contributed by atoms with E-state index in [0.29, 0.717) is 12.5 Å². The molecule has 3 rings (SSSR count). The van der Waals surface area contributed by atoms with Crippen LogP contribution < -0.4 is 15.4 Å². The van der Waals surface area contributed by atoms with Crippen LogP contribution in [0.3, 0.4) is 0 Å². The Morgan fingerprint density at radius 3 is 2.28 bits per heavy atom. The van der Waals surface area contributed by atoms with Crippen molar-refractivity contribution in [2.45, 2.75) is 32.4 Å². The maximum atomic E-state index is 12.4. The number of carbonyl (C=O) groups is 1. The fraction of sp³-hybridized carbons (Fsp3) is 0.292. The van der Waals surface area contributed by atoms with Crippen molar-refractivity contribution >= 4 is 17.2 Å². The molecule has 1 aromatic heterocycles. The first-order chi connectivity index (χ1) is 14.1. The fourth-order valence-corrected chi connectivity index (χ4v) is 3.94. The van der Waals surface area contributed by atoms with E-state index in [-0.39, 0.29) is 18.5 Å². The Morgan fingerprint density at radius 2 is 1.69 bits per heavy atom. The highest BCUT2D eigenvalue weighted by Gasteiger charge is 2.16. The topological polar surface area (TPSA) is 50.4 Å². The van der Waals surface area contributed by atoms with E-state index in [2.05, 4.69) is 60.2 Å². The van der Waals surface area contributed by atoms with Gasteiger partial charge in [0, 0.05) is 11.4 Å². The third-order valence-electron chi connectivity index (χ3n) is 4.88. The maximum Gasteiger partial charge on any atom is 0.234 e. The van der Waals surface area contributed by atoms with Crippen LogP contribution in [-0.2, 0) is 11.3 Å². The first-order valence-corrected chi connectivity index (χ1v) is 10.7. The zero-order valence-electron chi connectivity index (χ0n) is 17.1. The second-order valence-electron chi connectivity index (χ2n) is 7.28. The number of thiophene rings is 1. The molecular formula is C24H28N2O2S. The third-order valence-corrected chi connectivity index (χ3v) is 5.82. The predicted octanol–water partition coefficient (Wildman–Crippen LogP) is 4.88. The van der Waals surface area contributed by atoms with E-state index in [1.165, 1.54) is 16.0 Å². The Kier molecular flexibility index (Phi) is 7.44. The second-order valence-corrected chi connectivity index (χ2v) is 8.25. The lowest BCUT2D eigenvalue weighted by molar-refractivity contribution is -0.120. The van der Waals surface area contributed by atoms with Gasteiger partial charge in [-0.15, -0.1) is 11.3 Å². The molecule has 0 aliphatic heterocycles. The van der Waals surface area contributed by atoms with Gasteiger partial charge in [0.2, 0.25) is 5.91 Å². The fourth-order valence-electron chi connectivity index (χ4n) is 3.11. The monoisotopic (exact) mass is 408 g/mol. The lowest BCUT2D eigenvalue weighted by Crippen LogP contribution is -2.35. The molecule has 0 spiro atoms. The van der Waals surface area contributed by atoms with Crippen LogP contribution in [0.4, 0.5) is 0 Å². The number of hydrogen-bond acceptors (Lipinski definition) is 4. The maximum absolute atomic E-state index is 12.4. The van der Waals surface area contributed by atoms with Crippen LogP contribution in [0, 0.1) is 0 Å². The minimum absolute atomic E-state index is 0.00273. The van der Waals surface area contributed by atoms with E-state index < -0.39 is 0 Å². The quantitative estimate of drug-likeness (QED) is 0.531. The molecule has 152 valence electrons. The van der Waals surface area contributed by atoms with Gasteiger partial charge in [0.15, 0.2) is 0 Å². The molecule has 0 aliphatic rings. The van der Waals surface area contributed by atoms with Crippen molar-refractivity contribution in [2.24, 2.45) is 0 Å². The van der Waals surface area contributed by atoms with E-state index in [4.69, 9.17) is 4.74 Å². The third kappa shape index (κ3) is 5.92. The van der Waals surface area contributed by atoms with Gasteiger partial charge >= 0.3 is 0 Å². The minimum atomic E-state index is -0.0267. The van der Waals surface area contributed by atoms with Crippen LogP contribution in [-0.4, -0.2) is 19.6 Å². The van der Waals surface area contributed by atoms with Gasteiger partial charge in [-0.25, -0.2) is 0 Å². The van der Waals surface area contributed by atoms with E-state index in [9.17, 15) is 4.79 Å². The number of hydrogen-bond donors (Lipinski definition) is 2. The molecule has 1 heterocycles. The molecule has 29 heavy (non-hydrogen) atoms. The second kappa shape index (κ2) is 10.2. The summed E-state index contributed by atoms with van der Waals surface area (Å²) in [6.45, 7) is 5.14. The van der Waals surface area contributed by atoms with Crippen LogP contribution in [0.25, 0.3) is 0 Å². The average molecular weight is 409 g/mol. The van der Waals surface area contributed by atoms with Crippen molar-refractivity contribution in [1.29, 1.82) is 0 Å². The summed E-state index contributed by atoms with van der Waals surface area (Å²) in [5.41, 5.74) is 3.52. The van der Waals surface area contributed by atoms with E-state index >= 15 is 0 Å². The summed E-state index contributed by atoms with van der Waals surface area (Å²) in [5, 5.41) is 8.46. The van der Waals surface area contributed by atoms with E-state index in [0.717, 1.165) is 11.3 Å². The van der Waals surface area contributed by atoms with Crippen molar-refractivity contribution < 1.29 is 9.53 Å². The Morgan fingerprint density at radius 1 is 1.00 bits per heavy atom. The number of methoxy groups -OCH3 is 1. The molecule has 3 aromatic rings. The summed E-state index contributed by atoms with van der Waals surface area (Å²) in [6.07, 6.45) is 0. The summed E-state index contributed by atoms with van der Waals surface area (Å²) < 4.78 is 5.16. The number of carbonyl (C=O) groups excluding carboxylic acids is 1. The highest BCUT2D eigenvalue weighted by atomic mass is 32.1. The van der Waals surface area contributed by atoms with Gasteiger partial charge in [-0.2, -0.15) is 0 Å². The number of ether oxygens (including phenoxy) is 1. The highest BCUT2D eigenvalue weighted by Crippen LogP contribution is 2.27. The molecule has 1 atom stereocenters. The molecule has 5 heteroatoms. The molecule has 0 aliphatic carbocycles. The van der Waals surface area contributed by atoms with E-state index in [1.54, 1.807) is 18.4 Å². The average Bonchev–Trinajstić information content (AvgIpc) is 3.27. The van der Waals surface area contributed by atoms with Gasteiger partial charge in [0.1, 0.15) is 5.75 Å². The molecule has 0 unspecified atom stereocenters. The van der Waals surface area contributed by atoms with Crippen molar-refractivity contribution in [2.75, 3.05) is 13.7 Å². The SMILES string of the molecule is COc1ccc(CNC(=O)CN[C@H](c2ccc(C(C)C)cc2)c2cccs2)cc1. The lowest BCUT2D eigenvalue weighted by atomic mass is 9.98.